The lowest BCUT2D eigenvalue weighted by Crippen LogP contribution is -2.13. The van der Waals surface area contributed by atoms with E-state index in [4.69, 9.17) is 32.7 Å². The number of benzene rings is 2. The van der Waals surface area contributed by atoms with Gasteiger partial charge in [0.1, 0.15) is 11.5 Å². The molecule has 28 heavy (non-hydrogen) atoms. The van der Waals surface area contributed by atoms with Crippen LogP contribution in [0.1, 0.15) is 15.9 Å². The van der Waals surface area contributed by atoms with Gasteiger partial charge < -0.3 is 14.8 Å². The molecule has 2 aromatic carbocycles. The average molecular weight is 485 g/mol. The number of anilines is 1. The molecule has 1 aromatic heterocycles. The molecule has 0 spiro atoms. The summed E-state index contributed by atoms with van der Waals surface area (Å²) < 4.78 is 12.7. The van der Waals surface area contributed by atoms with Gasteiger partial charge in [0, 0.05) is 17.8 Å². The van der Waals surface area contributed by atoms with Crippen LogP contribution in [0.5, 0.6) is 11.5 Å². The number of amides is 1. The smallest absolute Gasteiger partial charge is 0.257 e. The number of carbonyl (C=O) groups excluding carboxylic acids is 1. The average Bonchev–Trinajstić information content (AvgIpc) is 3.02. The fourth-order valence-electron chi connectivity index (χ4n) is 2.51. The Hall–Kier alpha value is -2.22. The number of nitrogens with zero attached hydrogens (tertiary/aromatic N) is 2. The number of hydrogen-bond acceptors (Lipinski definition) is 4. The standard InChI is InChI=1S/C19H16BrCl2N3O3/c1-27-13-6-12(7-14(8-13)28-2)19(26)23-18-15(20)10-25(24-18)9-11-3-4-16(21)17(22)5-11/h3-8,10H,9H2,1-2H3,(H,23,24,26). The van der Waals surface area contributed by atoms with Gasteiger partial charge in [-0.25, -0.2) is 0 Å². The van der Waals surface area contributed by atoms with E-state index in [9.17, 15) is 4.79 Å². The summed E-state index contributed by atoms with van der Waals surface area (Å²) in [6.07, 6.45) is 1.77. The highest BCUT2D eigenvalue weighted by Crippen LogP contribution is 2.26. The minimum atomic E-state index is -0.335. The molecule has 1 heterocycles. The Morgan fingerprint density at radius 3 is 2.39 bits per heavy atom. The second kappa shape index (κ2) is 8.86. The van der Waals surface area contributed by atoms with E-state index in [0.717, 1.165) is 5.56 Å². The van der Waals surface area contributed by atoms with E-state index < -0.39 is 0 Å². The first-order valence-electron chi connectivity index (χ1n) is 8.11. The third-order valence-electron chi connectivity index (χ3n) is 3.89. The van der Waals surface area contributed by atoms with Gasteiger partial charge in [0.15, 0.2) is 5.82 Å². The molecule has 0 bridgehead atoms. The maximum absolute atomic E-state index is 12.6. The highest BCUT2D eigenvalue weighted by atomic mass is 79.9. The Morgan fingerprint density at radius 2 is 1.79 bits per heavy atom. The van der Waals surface area contributed by atoms with Gasteiger partial charge in [0.05, 0.1) is 35.3 Å². The number of nitrogens with one attached hydrogen (secondary N) is 1. The third-order valence-corrected chi connectivity index (χ3v) is 5.21. The highest BCUT2D eigenvalue weighted by Gasteiger charge is 2.14. The van der Waals surface area contributed by atoms with Crippen molar-refractivity contribution in [2.24, 2.45) is 0 Å². The van der Waals surface area contributed by atoms with Crippen LogP contribution in [0.2, 0.25) is 10.0 Å². The number of halogens is 3. The normalized spacial score (nSPS) is 10.6. The Balaban J connectivity index is 1.78. The molecule has 1 N–H and O–H groups in total. The van der Waals surface area contributed by atoms with E-state index in [-0.39, 0.29) is 5.91 Å². The van der Waals surface area contributed by atoms with Gasteiger partial charge in [-0.2, -0.15) is 5.10 Å². The van der Waals surface area contributed by atoms with Crippen LogP contribution in [-0.4, -0.2) is 29.9 Å². The topological polar surface area (TPSA) is 65.4 Å². The van der Waals surface area contributed by atoms with E-state index in [2.05, 4.69) is 26.3 Å². The van der Waals surface area contributed by atoms with Crippen molar-refractivity contribution in [3.8, 4) is 11.5 Å². The maximum Gasteiger partial charge on any atom is 0.257 e. The quantitative estimate of drug-likeness (QED) is 0.517. The Labute approximate surface area is 180 Å². The van der Waals surface area contributed by atoms with Crippen LogP contribution in [0.3, 0.4) is 0 Å². The molecule has 0 aliphatic carbocycles. The van der Waals surface area contributed by atoms with Crippen LogP contribution < -0.4 is 14.8 Å². The van der Waals surface area contributed by atoms with Crippen LogP contribution in [0.15, 0.2) is 47.1 Å². The zero-order valence-corrected chi connectivity index (χ0v) is 18.1. The molecule has 0 unspecified atom stereocenters. The molecule has 0 aliphatic rings. The highest BCUT2D eigenvalue weighted by molar-refractivity contribution is 9.10. The lowest BCUT2D eigenvalue weighted by Gasteiger charge is -2.08. The van der Waals surface area contributed by atoms with Crippen molar-refractivity contribution in [2.75, 3.05) is 19.5 Å². The molecular formula is C19H16BrCl2N3O3. The molecule has 0 saturated carbocycles. The molecule has 9 heteroatoms. The monoisotopic (exact) mass is 483 g/mol. The minimum Gasteiger partial charge on any atom is -0.497 e. The van der Waals surface area contributed by atoms with Crippen molar-refractivity contribution in [2.45, 2.75) is 6.54 Å². The molecule has 0 atom stereocenters. The fraction of sp³-hybridized carbons (Fsp3) is 0.158. The molecule has 146 valence electrons. The predicted octanol–water partition coefficient (Wildman–Crippen LogP) is 5.27. The lowest BCUT2D eigenvalue weighted by atomic mass is 10.2. The SMILES string of the molecule is COc1cc(OC)cc(C(=O)Nc2nn(Cc3ccc(Cl)c(Cl)c3)cc2Br)c1. The molecule has 0 fully saturated rings. The molecule has 0 saturated heterocycles. The van der Waals surface area contributed by atoms with Crippen LogP contribution in [0.25, 0.3) is 0 Å². The van der Waals surface area contributed by atoms with Crippen molar-refractivity contribution >= 4 is 50.9 Å². The molecule has 6 nitrogen and oxygen atoms in total. The van der Waals surface area contributed by atoms with E-state index >= 15 is 0 Å². The van der Waals surface area contributed by atoms with Gasteiger partial charge in [-0.05, 0) is 45.8 Å². The van der Waals surface area contributed by atoms with Crippen molar-refractivity contribution in [1.29, 1.82) is 0 Å². The first kappa shape index (κ1) is 20.5. The summed E-state index contributed by atoms with van der Waals surface area (Å²) in [5, 5.41) is 8.16. The summed E-state index contributed by atoms with van der Waals surface area (Å²) in [5.74, 6) is 1.10. The summed E-state index contributed by atoms with van der Waals surface area (Å²) >= 11 is 15.4. The van der Waals surface area contributed by atoms with Crippen molar-refractivity contribution in [3.63, 3.8) is 0 Å². The predicted molar refractivity (Wildman–Crippen MR) is 113 cm³/mol. The number of carbonyl (C=O) groups is 1. The van der Waals surface area contributed by atoms with E-state index in [1.54, 1.807) is 41.2 Å². The van der Waals surface area contributed by atoms with E-state index in [1.165, 1.54) is 14.2 Å². The van der Waals surface area contributed by atoms with Crippen LogP contribution >= 0.6 is 39.1 Å². The molecule has 1 amide bonds. The van der Waals surface area contributed by atoms with Crippen LogP contribution in [-0.2, 0) is 6.54 Å². The molecule has 0 aliphatic heterocycles. The van der Waals surface area contributed by atoms with E-state index in [0.29, 0.717) is 43.9 Å². The van der Waals surface area contributed by atoms with Crippen LogP contribution in [0, 0.1) is 0 Å². The number of rotatable bonds is 6. The van der Waals surface area contributed by atoms with Crippen molar-refractivity contribution in [3.05, 3.63) is 68.2 Å². The second-order valence-electron chi connectivity index (χ2n) is 5.83. The number of hydrogen-bond donors (Lipinski definition) is 1. The fourth-order valence-corrected chi connectivity index (χ4v) is 3.24. The van der Waals surface area contributed by atoms with Gasteiger partial charge in [0.25, 0.3) is 5.91 Å². The summed E-state index contributed by atoms with van der Waals surface area (Å²) in [7, 11) is 3.05. The second-order valence-corrected chi connectivity index (χ2v) is 7.50. The summed E-state index contributed by atoms with van der Waals surface area (Å²) in [6, 6.07) is 10.3. The molecule has 0 radical (unpaired) electrons. The Morgan fingerprint density at radius 1 is 1.11 bits per heavy atom. The number of aromatic nitrogens is 2. The van der Waals surface area contributed by atoms with Crippen molar-refractivity contribution in [1.82, 2.24) is 9.78 Å². The first-order valence-corrected chi connectivity index (χ1v) is 9.66. The Bertz CT molecular complexity index is 1000. The van der Waals surface area contributed by atoms with Gasteiger partial charge in [-0.1, -0.05) is 29.3 Å². The van der Waals surface area contributed by atoms with Gasteiger partial charge in [-0.3, -0.25) is 9.48 Å². The summed E-state index contributed by atoms with van der Waals surface area (Å²) in [5.41, 5.74) is 1.32. The largest absolute Gasteiger partial charge is 0.497 e. The molecule has 3 aromatic rings. The van der Waals surface area contributed by atoms with Crippen molar-refractivity contribution < 1.29 is 14.3 Å². The summed E-state index contributed by atoms with van der Waals surface area (Å²) in [4.78, 5) is 12.6. The Kier molecular flexibility index (Phi) is 6.49. The van der Waals surface area contributed by atoms with Gasteiger partial charge >= 0.3 is 0 Å². The molecule has 3 rings (SSSR count). The first-order chi connectivity index (χ1) is 13.4. The minimum absolute atomic E-state index is 0.335. The lowest BCUT2D eigenvalue weighted by molar-refractivity contribution is 0.102. The van der Waals surface area contributed by atoms with Crippen LogP contribution in [0.4, 0.5) is 5.82 Å². The number of ether oxygens (including phenoxy) is 2. The summed E-state index contributed by atoms with van der Waals surface area (Å²) in [6.45, 7) is 0.471. The zero-order valence-electron chi connectivity index (χ0n) is 15.0. The van der Waals surface area contributed by atoms with E-state index in [1.807, 2.05) is 6.07 Å². The number of methoxy groups -OCH3 is 2. The maximum atomic E-state index is 12.6. The third kappa shape index (κ3) is 4.79. The molecular weight excluding hydrogens is 469 g/mol. The van der Waals surface area contributed by atoms with Gasteiger partial charge in [-0.15, -0.1) is 0 Å². The zero-order chi connectivity index (χ0) is 20.3. The van der Waals surface area contributed by atoms with Gasteiger partial charge in [0.2, 0.25) is 0 Å².